The Labute approximate surface area is 316 Å². The monoisotopic (exact) mass is 786 g/mol. The topological polar surface area (TPSA) is 61.4 Å². The molecule has 0 saturated carbocycles. The maximum atomic E-state index is 6.19. The van der Waals surface area contributed by atoms with Crippen molar-refractivity contribution in [3.8, 4) is 28.7 Å². The van der Waals surface area contributed by atoms with Crippen LogP contribution in [0.2, 0.25) is 10.0 Å². The highest BCUT2D eigenvalue weighted by Crippen LogP contribution is 2.30. The van der Waals surface area contributed by atoms with Crippen molar-refractivity contribution in [1.82, 2.24) is 10.2 Å². The Morgan fingerprint density at radius 3 is 1.84 bits per heavy atom. The molecule has 2 unspecified atom stereocenters. The van der Waals surface area contributed by atoms with Crippen LogP contribution in [0, 0.1) is 6.92 Å². The lowest BCUT2D eigenvalue weighted by molar-refractivity contribution is 0.0934. The van der Waals surface area contributed by atoms with Crippen molar-refractivity contribution in [3.05, 3.63) is 113 Å². The fourth-order valence-corrected chi connectivity index (χ4v) is 6.06. The van der Waals surface area contributed by atoms with Gasteiger partial charge in [0.05, 0.1) is 13.7 Å². The summed E-state index contributed by atoms with van der Waals surface area (Å²) >= 11 is 15.0. The molecule has 270 valence electrons. The van der Waals surface area contributed by atoms with Crippen LogP contribution in [-0.2, 0) is 0 Å². The molecule has 2 saturated heterocycles. The summed E-state index contributed by atoms with van der Waals surface area (Å²) in [5.41, 5.74) is 0.944. The van der Waals surface area contributed by atoms with Gasteiger partial charge >= 0.3 is 0 Å². The number of likely N-dealkylation sites (tertiary alicyclic amines) is 1. The summed E-state index contributed by atoms with van der Waals surface area (Å²) in [6, 6.07) is 30.8. The molecule has 0 radical (unpaired) electrons. The average molecular weight is 789 g/mol. The fourth-order valence-electron chi connectivity index (χ4n) is 5.64. The van der Waals surface area contributed by atoms with Gasteiger partial charge in [-0.1, -0.05) is 69.5 Å². The summed E-state index contributed by atoms with van der Waals surface area (Å²) in [5.74, 6) is 4.27. The first-order valence-electron chi connectivity index (χ1n) is 16.9. The first-order valence-corrected chi connectivity index (χ1v) is 18.8. The number of para-hydroxylation sites is 3. The Bertz CT molecular complexity index is 1570. The Hall–Kier alpha value is -3.14. The second-order valence-corrected chi connectivity index (χ2v) is 14.4. The van der Waals surface area contributed by atoms with E-state index in [1.54, 1.807) is 7.11 Å². The van der Waals surface area contributed by atoms with Gasteiger partial charge < -0.3 is 29.0 Å². The van der Waals surface area contributed by atoms with Crippen LogP contribution in [0.1, 0.15) is 32.3 Å². The van der Waals surface area contributed by atoms with Gasteiger partial charge in [0, 0.05) is 54.4 Å². The molecule has 0 amide bonds. The van der Waals surface area contributed by atoms with Crippen molar-refractivity contribution in [3.63, 3.8) is 0 Å². The van der Waals surface area contributed by atoms with Crippen LogP contribution >= 0.6 is 39.1 Å². The largest absolute Gasteiger partial charge is 0.493 e. The third-order valence-electron chi connectivity index (χ3n) is 8.36. The third-order valence-corrected chi connectivity index (χ3v) is 9.19. The Balaban J connectivity index is 0.000000189. The van der Waals surface area contributed by atoms with Gasteiger partial charge in [-0.3, -0.25) is 4.90 Å². The normalized spacial score (nSPS) is 19.7. The first kappa shape index (κ1) is 39.6. The van der Waals surface area contributed by atoms with Crippen molar-refractivity contribution >= 4 is 39.1 Å². The summed E-state index contributed by atoms with van der Waals surface area (Å²) in [4.78, 5) is 2.37. The molecule has 0 aromatic heterocycles. The SMILES string of the molecule is CC1(Oc2ccc(Cl)cc2)CCNC1.COc1ccccc1OCCN1CCC(C)(Oc2ccc(Cl)cc2)C1.Cc1ccccc1OCCBr. The van der Waals surface area contributed by atoms with E-state index >= 15 is 0 Å². The molecular formula is C40H49BrCl2N2O5. The van der Waals surface area contributed by atoms with E-state index in [1.807, 2.05) is 104 Å². The number of halogens is 3. The zero-order chi connectivity index (χ0) is 35.8. The van der Waals surface area contributed by atoms with Gasteiger partial charge in [0.1, 0.15) is 35.1 Å². The van der Waals surface area contributed by atoms with E-state index in [0.29, 0.717) is 6.61 Å². The van der Waals surface area contributed by atoms with E-state index in [9.17, 15) is 0 Å². The van der Waals surface area contributed by atoms with E-state index < -0.39 is 0 Å². The molecular weight excluding hydrogens is 739 g/mol. The summed E-state index contributed by atoms with van der Waals surface area (Å²) in [6.45, 7) is 12.4. The Morgan fingerprint density at radius 2 is 1.28 bits per heavy atom. The van der Waals surface area contributed by atoms with Crippen LogP contribution in [0.4, 0.5) is 0 Å². The third kappa shape index (κ3) is 13.2. The number of nitrogens with one attached hydrogen (secondary N) is 1. The van der Waals surface area contributed by atoms with Crippen LogP contribution in [0.5, 0.6) is 28.7 Å². The standard InChI is InChI=1S/C20H24ClNO3.C11H14ClNO.C9H11BrO/c1-20(25-17-9-7-16(21)8-10-17)11-12-22(15-20)13-14-24-19-6-4-3-5-18(19)23-2;1-11(6-7-13-8-11)14-10-4-2-9(12)3-5-10;1-8-4-2-3-5-9(8)11-7-6-10/h3-10H,11-15H2,1-2H3;2-5,13H,6-8H2,1H3;2-5H,6-7H2,1H3. The number of nitrogens with zero attached hydrogens (tertiary/aromatic N) is 1. The fraction of sp³-hybridized carbons (Fsp3) is 0.400. The quantitative estimate of drug-likeness (QED) is 0.144. The number of benzene rings is 4. The summed E-state index contributed by atoms with van der Waals surface area (Å²) in [7, 11) is 1.65. The highest BCUT2D eigenvalue weighted by atomic mass is 79.9. The van der Waals surface area contributed by atoms with Crippen LogP contribution in [0.15, 0.2) is 97.1 Å². The van der Waals surface area contributed by atoms with Gasteiger partial charge in [0.25, 0.3) is 0 Å². The molecule has 0 bridgehead atoms. The van der Waals surface area contributed by atoms with Gasteiger partial charge in [0.2, 0.25) is 0 Å². The zero-order valence-corrected chi connectivity index (χ0v) is 32.5. The highest BCUT2D eigenvalue weighted by molar-refractivity contribution is 9.09. The van der Waals surface area contributed by atoms with Crippen molar-refractivity contribution < 1.29 is 23.7 Å². The van der Waals surface area contributed by atoms with Crippen LogP contribution in [0.3, 0.4) is 0 Å². The number of aryl methyl sites for hydroxylation is 1. The van der Waals surface area contributed by atoms with Gasteiger partial charge in [-0.2, -0.15) is 0 Å². The molecule has 50 heavy (non-hydrogen) atoms. The second kappa shape index (κ2) is 20.0. The van der Waals surface area contributed by atoms with E-state index in [4.69, 9.17) is 46.9 Å². The maximum absolute atomic E-state index is 6.19. The number of alkyl halides is 1. The molecule has 0 aliphatic carbocycles. The van der Waals surface area contributed by atoms with Gasteiger partial charge in [-0.25, -0.2) is 0 Å². The zero-order valence-electron chi connectivity index (χ0n) is 29.4. The van der Waals surface area contributed by atoms with Gasteiger partial charge in [0.15, 0.2) is 11.5 Å². The smallest absolute Gasteiger partial charge is 0.161 e. The van der Waals surface area contributed by atoms with E-state index in [1.165, 1.54) is 5.56 Å². The number of hydrogen-bond donors (Lipinski definition) is 1. The lowest BCUT2D eigenvalue weighted by atomic mass is 10.1. The second-order valence-electron chi connectivity index (χ2n) is 12.8. The number of hydrogen-bond acceptors (Lipinski definition) is 7. The molecule has 2 atom stereocenters. The van der Waals surface area contributed by atoms with E-state index in [0.717, 1.165) is 96.3 Å². The van der Waals surface area contributed by atoms with Crippen LogP contribution < -0.4 is 29.0 Å². The lowest BCUT2D eigenvalue weighted by Crippen LogP contribution is -2.37. The van der Waals surface area contributed by atoms with Crippen molar-refractivity contribution in [2.75, 3.05) is 58.4 Å². The number of methoxy groups -OCH3 is 1. The minimum atomic E-state index is -0.182. The molecule has 6 rings (SSSR count). The predicted octanol–water partition coefficient (Wildman–Crippen LogP) is 9.51. The molecule has 2 heterocycles. The highest BCUT2D eigenvalue weighted by Gasteiger charge is 2.35. The molecule has 1 N–H and O–H groups in total. The predicted molar refractivity (Wildman–Crippen MR) is 208 cm³/mol. The van der Waals surface area contributed by atoms with E-state index in [2.05, 4.69) is 40.0 Å². The first-order chi connectivity index (χ1) is 24.1. The minimum absolute atomic E-state index is 0.0617. The number of ether oxygens (including phenoxy) is 5. The maximum Gasteiger partial charge on any atom is 0.161 e. The summed E-state index contributed by atoms with van der Waals surface area (Å²) in [6.07, 6.45) is 2.04. The van der Waals surface area contributed by atoms with Crippen LogP contribution in [-0.4, -0.2) is 74.5 Å². The molecule has 0 spiro atoms. The Kier molecular flexibility index (Phi) is 15.9. The lowest BCUT2D eigenvalue weighted by Gasteiger charge is -2.26. The van der Waals surface area contributed by atoms with Crippen molar-refractivity contribution in [1.29, 1.82) is 0 Å². The summed E-state index contributed by atoms with van der Waals surface area (Å²) in [5, 5.41) is 5.63. The van der Waals surface area contributed by atoms with Gasteiger partial charge in [-0.15, -0.1) is 0 Å². The average Bonchev–Trinajstić information content (AvgIpc) is 3.72. The van der Waals surface area contributed by atoms with E-state index in [-0.39, 0.29) is 11.2 Å². The molecule has 4 aromatic rings. The van der Waals surface area contributed by atoms with Crippen molar-refractivity contribution in [2.45, 2.75) is 44.8 Å². The molecule has 2 aliphatic heterocycles. The molecule has 2 aliphatic rings. The summed E-state index contributed by atoms with van der Waals surface area (Å²) < 4.78 is 28.7. The molecule has 10 heteroatoms. The van der Waals surface area contributed by atoms with Gasteiger partial charge in [-0.05, 0) is 99.6 Å². The Morgan fingerprint density at radius 1 is 0.720 bits per heavy atom. The molecule has 4 aromatic carbocycles. The molecule has 7 nitrogen and oxygen atoms in total. The minimum Gasteiger partial charge on any atom is -0.493 e. The van der Waals surface area contributed by atoms with Crippen LogP contribution in [0.25, 0.3) is 0 Å². The number of rotatable bonds is 12. The van der Waals surface area contributed by atoms with Crippen molar-refractivity contribution in [2.24, 2.45) is 0 Å². The molecule has 2 fully saturated rings.